The molecule has 0 spiro atoms. The van der Waals surface area contributed by atoms with Gasteiger partial charge in [-0.15, -0.1) is 10.2 Å². The highest BCUT2D eigenvalue weighted by molar-refractivity contribution is 5.38. The number of aromatic nitrogens is 3. The molecule has 1 N–H and O–H groups in total. The quantitative estimate of drug-likeness (QED) is 0.687. The van der Waals surface area contributed by atoms with Crippen LogP contribution in [0.4, 0.5) is 0 Å². The average molecular weight is 347 g/mol. The minimum atomic E-state index is 0.222. The van der Waals surface area contributed by atoms with Crippen molar-refractivity contribution < 1.29 is 14.6 Å². The number of nitrogens with zero attached hydrogens (tertiary/aromatic N) is 3. The Balaban J connectivity index is 0.000000293. The normalized spacial score (nSPS) is 11.3. The molecule has 0 fully saturated rings. The highest BCUT2D eigenvalue weighted by atomic mass is 16.5. The van der Waals surface area contributed by atoms with E-state index in [9.17, 15) is 5.11 Å². The number of para-hydroxylation sites is 2. The van der Waals surface area contributed by atoms with Crippen molar-refractivity contribution in [3.05, 3.63) is 42.2 Å². The number of hydrogen-bond donors (Lipinski definition) is 1. The van der Waals surface area contributed by atoms with Crippen LogP contribution in [0.2, 0.25) is 0 Å². The first-order valence-corrected chi connectivity index (χ1v) is 8.78. The predicted octanol–water partition coefficient (Wildman–Crippen LogP) is 4.15. The number of phenolic OH excluding ortho intramolecular Hbond substituents is 1. The maximum Gasteiger partial charge on any atom is 0.161 e. The van der Waals surface area contributed by atoms with Crippen LogP contribution in [0.15, 0.2) is 36.5 Å². The first-order valence-electron chi connectivity index (χ1n) is 8.78. The summed E-state index contributed by atoms with van der Waals surface area (Å²) in [6, 6.07) is 8.93. The average Bonchev–Trinajstić information content (AvgIpc) is 2.64. The smallest absolute Gasteiger partial charge is 0.161 e. The van der Waals surface area contributed by atoms with Gasteiger partial charge in [-0.25, -0.2) is 0 Å². The molecule has 25 heavy (non-hydrogen) atoms. The number of methoxy groups -OCH3 is 1. The second-order valence-corrected chi connectivity index (χ2v) is 5.66. The first-order chi connectivity index (χ1) is 12.2. The van der Waals surface area contributed by atoms with E-state index >= 15 is 0 Å². The molecule has 0 saturated heterocycles. The molecule has 0 saturated carbocycles. The molecule has 6 heteroatoms. The Labute approximate surface area is 150 Å². The number of rotatable bonds is 9. The lowest BCUT2D eigenvalue weighted by molar-refractivity contribution is 0.176. The topological polar surface area (TPSA) is 77.4 Å². The van der Waals surface area contributed by atoms with Gasteiger partial charge in [-0.1, -0.05) is 38.8 Å². The number of unbranched alkanes of at least 4 members (excludes halogenated alkanes) is 2. The Morgan fingerprint density at radius 3 is 2.52 bits per heavy atom. The van der Waals surface area contributed by atoms with Crippen LogP contribution in [0, 0.1) is 0 Å². The summed E-state index contributed by atoms with van der Waals surface area (Å²) < 4.78 is 10.6. The fourth-order valence-electron chi connectivity index (χ4n) is 2.20. The van der Waals surface area contributed by atoms with Crippen LogP contribution in [0.3, 0.4) is 0 Å². The maximum absolute atomic E-state index is 9.60. The molecule has 2 aromatic rings. The Morgan fingerprint density at radius 2 is 1.92 bits per heavy atom. The van der Waals surface area contributed by atoms with E-state index in [0.717, 1.165) is 18.5 Å². The van der Waals surface area contributed by atoms with Crippen molar-refractivity contribution in [3.63, 3.8) is 0 Å². The van der Waals surface area contributed by atoms with Gasteiger partial charge in [0.1, 0.15) is 0 Å². The van der Waals surface area contributed by atoms with E-state index in [1.165, 1.54) is 19.3 Å². The van der Waals surface area contributed by atoms with Gasteiger partial charge in [0.15, 0.2) is 11.5 Å². The molecular weight excluding hydrogens is 318 g/mol. The van der Waals surface area contributed by atoms with Gasteiger partial charge in [-0.05, 0) is 42.7 Å². The van der Waals surface area contributed by atoms with Crippen molar-refractivity contribution in [2.24, 2.45) is 0 Å². The Bertz CT molecular complexity index is 567. The molecule has 2 rings (SSSR count). The summed E-state index contributed by atoms with van der Waals surface area (Å²) in [5.74, 6) is 0.835. The van der Waals surface area contributed by atoms with Gasteiger partial charge < -0.3 is 14.6 Å². The van der Waals surface area contributed by atoms with E-state index in [1.807, 2.05) is 12.1 Å². The molecule has 1 atom stereocenters. The van der Waals surface area contributed by atoms with Gasteiger partial charge in [0.05, 0.1) is 24.6 Å². The minimum Gasteiger partial charge on any atom is -0.504 e. The van der Waals surface area contributed by atoms with Crippen molar-refractivity contribution in [2.45, 2.75) is 58.7 Å². The van der Waals surface area contributed by atoms with Gasteiger partial charge in [-0.2, -0.15) is 0 Å². The van der Waals surface area contributed by atoms with E-state index in [4.69, 9.17) is 9.47 Å². The lowest BCUT2D eigenvalue weighted by Crippen LogP contribution is -2.15. The molecule has 0 aliphatic carbocycles. The van der Waals surface area contributed by atoms with Crippen molar-refractivity contribution in [1.82, 2.24) is 15.4 Å². The summed E-state index contributed by atoms with van der Waals surface area (Å²) >= 11 is 0. The monoisotopic (exact) mass is 347 g/mol. The van der Waals surface area contributed by atoms with Gasteiger partial charge in [0.25, 0.3) is 0 Å². The van der Waals surface area contributed by atoms with Crippen LogP contribution in [-0.4, -0.2) is 33.7 Å². The second kappa shape index (κ2) is 13.1. The van der Waals surface area contributed by atoms with Crippen LogP contribution in [0.1, 0.15) is 51.6 Å². The molecule has 0 aliphatic heterocycles. The van der Waals surface area contributed by atoms with Gasteiger partial charge in [-0.3, -0.25) is 0 Å². The highest BCUT2D eigenvalue weighted by Gasteiger charge is 2.09. The zero-order valence-corrected chi connectivity index (χ0v) is 15.4. The zero-order chi connectivity index (χ0) is 18.3. The fourth-order valence-corrected chi connectivity index (χ4v) is 2.20. The molecule has 0 aliphatic rings. The van der Waals surface area contributed by atoms with Crippen LogP contribution in [-0.2, 0) is 11.3 Å². The molecule has 6 nitrogen and oxygen atoms in total. The fraction of sp³-hybridized carbons (Fsp3) is 0.526. The molecule has 1 unspecified atom stereocenters. The van der Waals surface area contributed by atoms with E-state index in [1.54, 1.807) is 31.5 Å². The summed E-state index contributed by atoms with van der Waals surface area (Å²) in [4.78, 5) is 0. The predicted molar refractivity (Wildman–Crippen MR) is 97.5 cm³/mol. The first kappa shape index (κ1) is 20.8. The number of hydrogen-bond acceptors (Lipinski definition) is 6. The molecule has 1 aromatic heterocycles. The minimum absolute atomic E-state index is 0.222. The summed E-state index contributed by atoms with van der Waals surface area (Å²) in [5, 5.41) is 20.2. The van der Waals surface area contributed by atoms with Gasteiger partial charge in [0, 0.05) is 7.11 Å². The standard InChI is InChI=1S/C14H22O2.C5H7N3O/c1-3-5-6-9-12(4-2)16-14-11-8-7-10-13(14)15;1-9-4-5-2-3-6-8-7-5/h7-8,10-12,15H,3-6,9H2,1-2H3;2-3H,4H2,1H3. The molecule has 1 heterocycles. The molecule has 0 radical (unpaired) electrons. The maximum atomic E-state index is 9.60. The number of benzene rings is 1. The molecule has 138 valence electrons. The largest absolute Gasteiger partial charge is 0.504 e. The SMILES string of the molecule is CCCCCC(CC)Oc1ccccc1O.COCc1ccnnn1. The van der Waals surface area contributed by atoms with E-state index in [2.05, 4.69) is 29.3 Å². The van der Waals surface area contributed by atoms with E-state index < -0.39 is 0 Å². The Hall–Kier alpha value is -2.21. The van der Waals surface area contributed by atoms with Crippen LogP contribution >= 0.6 is 0 Å². The lowest BCUT2D eigenvalue weighted by atomic mass is 10.1. The third kappa shape index (κ3) is 9.00. The Morgan fingerprint density at radius 1 is 1.12 bits per heavy atom. The number of aromatic hydroxyl groups is 1. The van der Waals surface area contributed by atoms with Crippen LogP contribution in [0.25, 0.3) is 0 Å². The zero-order valence-electron chi connectivity index (χ0n) is 15.4. The summed E-state index contributed by atoms with van der Waals surface area (Å²) in [7, 11) is 1.61. The van der Waals surface area contributed by atoms with Crippen molar-refractivity contribution in [3.8, 4) is 11.5 Å². The molecule has 1 aromatic carbocycles. The van der Waals surface area contributed by atoms with Crippen molar-refractivity contribution in [2.75, 3.05) is 7.11 Å². The second-order valence-electron chi connectivity index (χ2n) is 5.66. The van der Waals surface area contributed by atoms with Crippen LogP contribution in [0.5, 0.6) is 11.5 Å². The molecule has 0 amide bonds. The van der Waals surface area contributed by atoms with Crippen molar-refractivity contribution in [1.29, 1.82) is 0 Å². The molecule has 0 bridgehead atoms. The summed E-state index contributed by atoms with van der Waals surface area (Å²) in [6.45, 7) is 4.82. The third-order valence-electron chi connectivity index (χ3n) is 3.59. The number of phenols is 1. The summed E-state index contributed by atoms with van der Waals surface area (Å²) in [5.41, 5.74) is 0.799. The van der Waals surface area contributed by atoms with Gasteiger partial charge >= 0.3 is 0 Å². The Kier molecular flexibility index (Phi) is 10.9. The lowest BCUT2D eigenvalue weighted by Gasteiger charge is -2.18. The van der Waals surface area contributed by atoms with E-state index in [-0.39, 0.29) is 11.9 Å². The van der Waals surface area contributed by atoms with E-state index in [0.29, 0.717) is 12.4 Å². The number of ether oxygens (including phenoxy) is 2. The molecular formula is C19H29N3O3. The van der Waals surface area contributed by atoms with Crippen molar-refractivity contribution >= 4 is 0 Å². The summed E-state index contributed by atoms with van der Waals surface area (Å²) in [6.07, 6.45) is 7.54. The highest BCUT2D eigenvalue weighted by Crippen LogP contribution is 2.27. The third-order valence-corrected chi connectivity index (χ3v) is 3.59. The van der Waals surface area contributed by atoms with Gasteiger partial charge in [0.2, 0.25) is 0 Å². The van der Waals surface area contributed by atoms with Crippen LogP contribution < -0.4 is 4.74 Å².